The second-order valence-corrected chi connectivity index (χ2v) is 11.5. The molecule has 0 aliphatic rings. The molecule has 0 spiro atoms. The summed E-state index contributed by atoms with van der Waals surface area (Å²) in [6, 6.07) is 9.34. The van der Waals surface area contributed by atoms with Gasteiger partial charge in [0.05, 0.1) is 16.8 Å². The number of amides is 1. The molecule has 2 atom stereocenters. The molecule has 1 aromatic heterocycles. The van der Waals surface area contributed by atoms with Crippen molar-refractivity contribution in [2.24, 2.45) is 0 Å². The number of anilines is 3. The average Bonchev–Trinajstić information content (AvgIpc) is 2.97. The summed E-state index contributed by atoms with van der Waals surface area (Å²) in [6.45, 7) is 4.91. The maximum Gasteiger partial charge on any atom is 0.414 e. The Balaban J connectivity index is 1.94. The van der Waals surface area contributed by atoms with Crippen molar-refractivity contribution in [1.82, 2.24) is 14.9 Å². The fraction of sp³-hybridized carbons (Fsp3) is 0.310. The molecule has 0 bridgehead atoms. The van der Waals surface area contributed by atoms with Crippen molar-refractivity contribution in [2.75, 3.05) is 42.7 Å². The van der Waals surface area contributed by atoms with Crippen molar-refractivity contribution < 1.29 is 32.2 Å². The predicted octanol–water partition coefficient (Wildman–Crippen LogP) is 3.48. The first-order valence-electron chi connectivity index (χ1n) is 13.2. The van der Waals surface area contributed by atoms with E-state index < -0.39 is 39.1 Å². The number of carbonyl (C=O) groups is 2. The van der Waals surface area contributed by atoms with Gasteiger partial charge < -0.3 is 30.3 Å². The molecular formula is C29H33FN6O6S. The van der Waals surface area contributed by atoms with Crippen LogP contribution in [0, 0.1) is 18.2 Å². The third-order valence-electron chi connectivity index (χ3n) is 6.26. The summed E-state index contributed by atoms with van der Waals surface area (Å²) in [5.74, 6) is 0.958. The lowest BCUT2D eigenvalue weighted by Gasteiger charge is -2.24. The lowest BCUT2D eigenvalue weighted by Crippen LogP contribution is -2.34. The number of carboxylic acid groups (broad SMARTS) is 1. The minimum atomic E-state index is -4.19. The Hall–Kier alpha value is -4.90. The third kappa shape index (κ3) is 8.32. The number of carbonyl (C=O) groups excluding carboxylic acids is 1. The summed E-state index contributed by atoms with van der Waals surface area (Å²) < 4.78 is 45.1. The number of hydrogen-bond donors (Lipinski definition) is 3. The van der Waals surface area contributed by atoms with E-state index >= 15 is 0 Å². The summed E-state index contributed by atoms with van der Waals surface area (Å²) in [6.07, 6.45) is 6.35. The smallest absolute Gasteiger partial charge is 0.414 e. The summed E-state index contributed by atoms with van der Waals surface area (Å²) in [5, 5.41) is 14.1. The van der Waals surface area contributed by atoms with Crippen LogP contribution in [0.25, 0.3) is 0 Å². The molecule has 1 amide bonds. The highest BCUT2D eigenvalue weighted by molar-refractivity contribution is 7.92. The van der Waals surface area contributed by atoms with Gasteiger partial charge in [0.1, 0.15) is 17.6 Å². The first-order valence-corrected chi connectivity index (χ1v) is 14.8. The normalized spacial score (nSPS) is 12.4. The molecule has 3 N–H and O–H groups in total. The quantitative estimate of drug-likeness (QED) is 0.192. The number of aromatic nitrogens is 2. The maximum absolute atomic E-state index is 13.4. The zero-order valence-electron chi connectivity index (χ0n) is 24.1. The van der Waals surface area contributed by atoms with Crippen LogP contribution >= 0.6 is 0 Å². The average molecular weight is 613 g/mol. The molecule has 12 nitrogen and oxygen atoms in total. The van der Waals surface area contributed by atoms with Gasteiger partial charge in [0.25, 0.3) is 0 Å². The lowest BCUT2D eigenvalue weighted by molar-refractivity contribution is -0.137. The number of ether oxygens (including phenoxy) is 1. The fourth-order valence-electron chi connectivity index (χ4n) is 3.84. The lowest BCUT2D eigenvalue weighted by atomic mass is 10.1. The molecule has 3 rings (SSSR count). The van der Waals surface area contributed by atoms with E-state index in [0.29, 0.717) is 18.7 Å². The number of benzene rings is 2. The number of terminal acetylenes is 1. The Morgan fingerprint density at radius 1 is 1.07 bits per heavy atom. The van der Waals surface area contributed by atoms with Gasteiger partial charge in [-0.2, -0.15) is 4.98 Å². The van der Waals surface area contributed by atoms with Crippen LogP contribution < -0.4 is 20.3 Å². The van der Waals surface area contributed by atoms with E-state index in [-0.39, 0.29) is 34.5 Å². The molecule has 228 valence electrons. The summed E-state index contributed by atoms with van der Waals surface area (Å²) in [4.78, 5) is 35.8. The van der Waals surface area contributed by atoms with Crippen LogP contribution in [0.3, 0.4) is 0 Å². The maximum atomic E-state index is 13.4. The van der Waals surface area contributed by atoms with Gasteiger partial charge in [-0.25, -0.2) is 27.4 Å². The number of carboxylic acids is 1. The van der Waals surface area contributed by atoms with Crippen LogP contribution in [0.4, 0.5) is 26.6 Å². The SMILES string of the molecule is C#CC(Nc1cnc(N(CC)CC)nc1NC(Cc1ccc(OC(=O)N(C)C)cc1)C(=O)O)S(=O)(=O)c1ccc(F)cc1. The van der Waals surface area contributed by atoms with Crippen molar-refractivity contribution in [1.29, 1.82) is 0 Å². The zero-order valence-corrected chi connectivity index (χ0v) is 24.9. The van der Waals surface area contributed by atoms with Gasteiger partial charge in [-0.15, -0.1) is 6.42 Å². The fourth-order valence-corrected chi connectivity index (χ4v) is 5.09. The van der Waals surface area contributed by atoms with E-state index in [1.807, 2.05) is 18.7 Å². The summed E-state index contributed by atoms with van der Waals surface area (Å²) >= 11 is 0. The topological polar surface area (TPSA) is 154 Å². The molecule has 0 saturated carbocycles. The molecule has 0 radical (unpaired) electrons. The molecule has 1 heterocycles. The molecular weight excluding hydrogens is 579 g/mol. The second-order valence-electron chi connectivity index (χ2n) is 9.44. The van der Waals surface area contributed by atoms with Crippen molar-refractivity contribution in [3.8, 4) is 18.1 Å². The highest BCUT2D eigenvalue weighted by Gasteiger charge is 2.28. The Morgan fingerprint density at radius 3 is 2.23 bits per heavy atom. The van der Waals surface area contributed by atoms with E-state index in [2.05, 4.69) is 26.5 Å². The van der Waals surface area contributed by atoms with E-state index in [0.717, 1.165) is 24.3 Å². The summed E-state index contributed by atoms with van der Waals surface area (Å²) in [5.41, 5.74) is 0.652. The van der Waals surface area contributed by atoms with Gasteiger partial charge in [-0.3, -0.25) is 0 Å². The highest BCUT2D eigenvalue weighted by atomic mass is 32.2. The molecule has 2 unspecified atom stereocenters. The molecule has 43 heavy (non-hydrogen) atoms. The highest BCUT2D eigenvalue weighted by Crippen LogP contribution is 2.27. The van der Waals surface area contributed by atoms with E-state index in [1.54, 1.807) is 38.4 Å². The molecule has 0 fully saturated rings. The van der Waals surface area contributed by atoms with Gasteiger partial charge in [-0.1, -0.05) is 18.1 Å². The van der Waals surface area contributed by atoms with E-state index in [9.17, 15) is 27.5 Å². The minimum Gasteiger partial charge on any atom is -0.480 e. The Kier molecular flexibility index (Phi) is 10.9. The van der Waals surface area contributed by atoms with Gasteiger partial charge in [0.2, 0.25) is 15.8 Å². The van der Waals surface area contributed by atoms with Gasteiger partial charge >= 0.3 is 12.1 Å². The number of rotatable bonds is 13. The monoisotopic (exact) mass is 612 g/mol. The Bertz CT molecular complexity index is 1570. The molecule has 14 heteroatoms. The largest absolute Gasteiger partial charge is 0.480 e. The zero-order chi connectivity index (χ0) is 31.7. The van der Waals surface area contributed by atoms with Crippen molar-refractivity contribution in [2.45, 2.75) is 36.6 Å². The van der Waals surface area contributed by atoms with Crippen LogP contribution in [0.5, 0.6) is 5.75 Å². The van der Waals surface area contributed by atoms with Crippen LogP contribution in [0.15, 0.2) is 59.6 Å². The Morgan fingerprint density at radius 2 is 1.70 bits per heavy atom. The van der Waals surface area contributed by atoms with Crippen LogP contribution in [0.2, 0.25) is 0 Å². The third-order valence-corrected chi connectivity index (χ3v) is 8.06. The number of nitrogens with one attached hydrogen (secondary N) is 2. The van der Waals surface area contributed by atoms with Crippen LogP contribution in [-0.4, -0.2) is 79.1 Å². The number of halogens is 1. The molecule has 0 aliphatic carbocycles. The van der Waals surface area contributed by atoms with Crippen molar-refractivity contribution in [3.63, 3.8) is 0 Å². The van der Waals surface area contributed by atoms with Gasteiger partial charge in [0, 0.05) is 33.6 Å². The summed E-state index contributed by atoms with van der Waals surface area (Å²) in [7, 11) is -1.10. The van der Waals surface area contributed by atoms with Crippen molar-refractivity contribution >= 4 is 39.4 Å². The van der Waals surface area contributed by atoms with Gasteiger partial charge in [0.15, 0.2) is 11.2 Å². The van der Waals surface area contributed by atoms with Crippen LogP contribution in [0.1, 0.15) is 19.4 Å². The second kappa shape index (κ2) is 14.3. The van der Waals surface area contributed by atoms with E-state index in [1.165, 1.54) is 11.1 Å². The molecule has 0 aliphatic heterocycles. The number of nitrogens with zero attached hydrogens (tertiary/aromatic N) is 4. The minimum absolute atomic E-state index is 0.00622. The Labute approximate surface area is 249 Å². The number of sulfone groups is 1. The molecule has 0 saturated heterocycles. The van der Waals surface area contributed by atoms with Crippen molar-refractivity contribution in [3.05, 3.63) is 66.1 Å². The first-order chi connectivity index (χ1) is 20.4. The first kappa shape index (κ1) is 32.6. The van der Waals surface area contributed by atoms with E-state index in [4.69, 9.17) is 11.2 Å². The van der Waals surface area contributed by atoms with Crippen LogP contribution in [-0.2, 0) is 21.1 Å². The predicted molar refractivity (Wildman–Crippen MR) is 160 cm³/mol. The standard InChI is InChI=1S/C29H33FN6O6S/c1-6-25(43(40,41)22-15-11-20(30)12-16-22)32-24-18-31-28(36(7-2)8-3)34-26(24)33-23(27(37)38)17-19-9-13-21(14-10-19)42-29(39)35(4)5/h1,9-16,18,23,25,32H,7-8,17H2,2-5H3,(H,37,38)(H,31,33,34). The molecule has 3 aromatic rings. The molecule has 2 aromatic carbocycles. The number of aliphatic carboxylic acids is 1. The number of hydrogen-bond acceptors (Lipinski definition) is 10. The van der Waals surface area contributed by atoms with Gasteiger partial charge in [-0.05, 0) is 55.8 Å².